The van der Waals surface area contributed by atoms with Gasteiger partial charge < -0.3 is 11.1 Å². The van der Waals surface area contributed by atoms with E-state index in [9.17, 15) is 8.78 Å². The molecule has 0 aromatic heterocycles. The Morgan fingerprint density at radius 3 is 2.64 bits per heavy atom. The maximum Gasteiger partial charge on any atom is 0.152 e. The molecule has 0 aliphatic heterocycles. The maximum absolute atomic E-state index is 13.4. The van der Waals surface area contributed by atoms with Crippen LogP contribution in [-0.2, 0) is 0 Å². The van der Waals surface area contributed by atoms with Crippen molar-refractivity contribution in [3.8, 4) is 0 Å². The molecule has 14 heavy (non-hydrogen) atoms. The van der Waals surface area contributed by atoms with E-state index < -0.39 is 11.6 Å². The number of halogens is 2. The van der Waals surface area contributed by atoms with Crippen molar-refractivity contribution in [2.75, 3.05) is 11.9 Å². The summed E-state index contributed by atoms with van der Waals surface area (Å²) in [5.41, 5.74) is 5.67. The van der Waals surface area contributed by atoms with Gasteiger partial charge in [0.05, 0.1) is 0 Å². The first-order chi connectivity index (χ1) is 6.56. The molecule has 0 saturated carbocycles. The van der Waals surface area contributed by atoms with Gasteiger partial charge >= 0.3 is 0 Å². The third-order valence-corrected chi connectivity index (χ3v) is 2.03. The molecule has 3 N–H and O–H groups in total. The number of nitrogens with one attached hydrogen (secondary N) is 1. The van der Waals surface area contributed by atoms with E-state index in [1.54, 1.807) is 13.8 Å². The molecule has 0 amide bonds. The standard InChI is InChI=1S/C10H14F2N2/c1-6-3-4-8(11)10(9(6)12)14-7(2)5-13/h3-4,7,14H,5,13H2,1-2H3. The van der Waals surface area contributed by atoms with Crippen LogP contribution in [0.2, 0.25) is 0 Å². The van der Waals surface area contributed by atoms with Crippen LogP contribution < -0.4 is 11.1 Å². The third kappa shape index (κ3) is 2.20. The minimum atomic E-state index is -0.589. The second kappa shape index (κ2) is 4.37. The van der Waals surface area contributed by atoms with E-state index in [0.717, 1.165) is 0 Å². The topological polar surface area (TPSA) is 38.0 Å². The number of rotatable bonds is 3. The Morgan fingerprint density at radius 1 is 1.43 bits per heavy atom. The first-order valence-electron chi connectivity index (χ1n) is 4.47. The van der Waals surface area contributed by atoms with Gasteiger partial charge in [0.25, 0.3) is 0 Å². The van der Waals surface area contributed by atoms with Crippen molar-refractivity contribution in [3.05, 3.63) is 29.3 Å². The number of hydrogen-bond acceptors (Lipinski definition) is 2. The lowest BCUT2D eigenvalue weighted by Gasteiger charge is -2.15. The molecule has 0 aliphatic rings. The summed E-state index contributed by atoms with van der Waals surface area (Å²) in [5, 5.41) is 2.69. The van der Waals surface area contributed by atoms with Gasteiger partial charge in [0.2, 0.25) is 0 Å². The van der Waals surface area contributed by atoms with Gasteiger partial charge in [-0.1, -0.05) is 6.07 Å². The molecule has 0 fully saturated rings. The van der Waals surface area contributed by atoms with E-state index in [4.69, 9.17) is 5.73 Å². The molecule has 4 heteroatoms. The molecule has 0 spiro atoms. The monoisotopic (exact) mass is 200 g/mol. The molecule has 0 radical (unpaired) electrons. The molecule has 2 nitrogen and oxygen atoms in total. The average Bonchev–Trinajstić information content (AvgIpc) is 2.18. The molecule has 0 saturated heterocycles. The fourth-order valence-corrected chi connectivity index (χ4v) is 1.09. The Balaban J connectivity index is 3.00. The van der Waals surface area contributed by atoms with E-state index in [2.05, 4.69) is 5.32 Å². The summed E-state index contributed by atoms with van der Waals surface area (Å²) in [6.07, 6.45) is 0. The number of hydrogen-bond donors (Lipinski definition) is 2. The first kappa shape index (κ1) is 10.9. The summed E-state index contributed by atoms with van der Waals surface area (Å²) < 4.78 is 26.6. The number of aryl methyl sites for hydroxylation is 1. The van der Waals surface area contributed by atoms with Crippen LogP contribution in [0.5, 0.6) is 0 Å². The number of anilines is 1. The normalized spacial score (nSPS) is 12.6. The van der Waals surface area contributed by atoms with Crippen LogP contribution in [0.4, 0.5) is 14.5 Å². The fourth-order valence-electron chi connectivity index (χ4n) is 1.09. The predicted molar refractivity (Wildman–Crippen MR) is 53.2 cm³/mol. The molecule has 0 aliphatic carbocycles. The fraction of sp³-hybridized carbons (Fsp3) is 0.400. The van der Waals surface area contributed by atoms with E-state index in [0.29, 0.717) is 12.1 Å². The SMILES string of the molecule is Cc1ccc(F)c(NC(C)CN)c1F. The second-order valence-corrected chi connectivity index (χ2v) is 3.33. The first-order valence-corrected chi connectivity index (χ1v) is 4.47. The van der Waals surface area contributed by atoms with Gasteiger partial charge in [0.1, 0.15) is 11.5 Å². The molecule has 0 bridgehead atoms. The van der Waals surface area contributed by atoms with Crippen LogP contribution >= 0.6 is 0 Å². The minimum absolute atomic E-state index is 0.0945. The molecule has 1 aromatic carbocycles. The van der Waals surface area contributed by atoms with Gasteiger partial charge in [0, 0.05) is 12.6 Å². The lowest BCUT2D eigenvalue weighted by atomic mass is 10.2. The Hall–Kier alpha value is -1.16. The van der Waals surface area contributed by atoms with Crippen molar-refractivity contribution < 1.29 is 8.78 Å². The third-order valence-electron chi connectivity index (χ3n) is 2.03. The zero-order valence-corrected chi connectivity index (χ0v) is 8.27. The molecule has 1 aromatic rings. The molecule has 1 unspecified atom stereocenters. The summed E-state index contributed by atoms with van der Waals surface area (Å²) >= 11 is 0. The summed E-state index contributed by atoms with van der Waals surface area (Å²) in [6.45, 7) is 3.68. The quantitative estimate of drug-likeness (QED) is 0.783. The highest BCUT2D eigenvalue weighted by molar-refractivity contribution is 5.49. The van der Waals surface area contributed by atoms with E-state index >= 15 is 0 Å². The summed E-state index contributed by atoms with van der Waals surface area (Å²) in [6, 6.07) is 2.49. The van der Waals surface area contributed by atoms with Gasteiger partial charge in [0.15, 0.2) is 5.82 Å². The lowest BCUT2D eigenvalue weighted by molar-refractivity contribution is 0.578. The van der Waals surface area contributed by atoms with Crippen molar-refractivity contribution in [2.24, 2.45) is 5.73 Å². The van der Waals surface area contributed by atoms with Crippen LogP contribution in [0.15, 0.2) is 12.1 Å². The smallest absolute Gasteiger partial charge is 0.152 e. The van der Waals surface area contributed by atoms with Crippen molar-refractivity contribution in [2.45, 2.75) is 19.9 Å². The molecule has 1 atom stereocenters. The van der Waals surface area contributed by atoms with Crippen LogP contribution in [0, 0.1) is 18.6 Å². The number of benzene rings is 1. The maximum atomic E-state index is 13.4. The van der Waals surface area contributed by atoms with Crippen LogP contribution in [0.3, 0.4) is 0 Å². The summed E-state index contributed by atoms with van der Waals surface area (Å²) in [7, 11) is 0. The second-order valence-electron chi connectivity index (χ2n) is 3.33. The highest BCUT2D eigenvalue weighted by atomic mass is 19.1. The minimum Gasteiger partial charge on any atom is -0.377 e. The average molecular weight is 200 g/mol. The highest BCUT2D eigenvalue weighted by Crippen LogP contribution is 2.21. The highest BCUT2D eigenvalue weighted by Gasteiger charge is 2.12. The van der Waals surface area contributed by atoms with Crippen LogP contribution in [0.1, 0.15) is 12.5 Å². The van der Waals surface area contributed by atoms with Gasteiger partial charge in [-0.3, -0.25) is 0 Å². The Morgan fingerprint density at radius 2 is 2.07 bits per heavy atom. The Labute approximate surface area is 82.1 Å². The van der Waals surface area contributed by atoms with Gasteiger partial charge in [-0.2, -0.15) is 0 Å². The van der Waals surface area contributed by atoms with Gasteiger partial charge in [-0.25, -0.2) is 8.78 Å². The van der Waals surface area contributed by atoms with Gasteiger partial charge in [-0.05, 0) is 25.5 Å². The number of nitrogens with two attached hydrogens (primary N) is 1. The van der Waals surface area contributed by atoms with Crippen molar-refractivity contribution >= 4 is 5.69 Å². The van der Waals surface area contributed by atoms with Crippen molar-refractivity contribution in [3.63, 3.8) is 0 Å². The Bertz CT molecular complexity index is 326. The zero-order chi connectivity index (χ0) is 10.7. The van der Waals surface area contributed by atoms with E-state index in [-0.39, 0.29) is 11.7 Å². The van der Waals surface area contributed by atoms with E-state index in [1.807, 2.05) is 0 Å². The van der Waals surface area contributed by atoms with Crippen molar-refractivity contribution in [1.82, 2.24) is 0 Å². The summed E-state index contributed by atoms with van der Waals surface area (Å²) in [4.78, 5) is 0. The molecule has 1 rings (SSSR count). The predicted octanol–water partition coefficient (Wildman–Crippen LogP) is 2.03. The molecular formula is C10H14F2N2. The van der Waals surface area contributed by atoms with Gasteiger partial charge in [-0.15, -0.1) is 0 Å². The van der Waals surface area contributed by atoms with Crippen LogP contribution in [0.25, 0.3) is 0 Å². The molecule has 0 heterocycles. The van der Waals surface area contributed by atoms with Crippen molar-refractivity contribution in [1.29, 1.82) is 0 Å². The zero-order valence-electron chi connectivity index (χ0n) is 8.27. The van der Waals surface area contributed by atoms with E-state index in [1.165, 1.54) is 12.1 Å². The largest absolute Gasteiger partial charge is 0.377 e. The van der Waals surface area contributed by atoms with Crippen LogP contribution in [-0.4, -0.2) is 12.6 Å². The Kier molecular flexibility index (Phi) is 3.41. The molecular weight excluding hydrogens is 186 g/mol. The summed E-state index contributed by atoms with van der Waals surface area (Å²) in [5.74, 6) is -1.14. The lowest BCUT2D eigenvalue weighted by Crippen LogP contribution is -2.26. The molecule has 78 valence electrons.